The molecule has 9 nitrogen and oxygen atoms in total. The molecule has 134 valence electrons. The van der Waals surface area contributed by atoms with Gasteiger partial charge in [0.2, 0.25) is 5.91 Å². The van der Waals surface area contributed by atoms with Crippen LogP contribution in [-0.4, -0.2) is 76.0 Å². The second-order valence-electron chi connectivity index (χ2n) is 6.15. The van der Waals surface area contributed by atoms with E-state index < -0.39 is 6.04 Å². The zero-order valence-electron chi connectivity index (χ0n) is 14.4. The minimum atomic E-state index is -0.490. The third-order valence-electron chi connectivity index (χ3n) is 4.48. The quantitative estimate of drug-likeness (QED) is 0.544. The van der Waals surface area contributed by atoms with E-state index in [0.717, 1.165) is 25.9 Å². The van der Waals surface area contributed by atoms with E-state index in [2.05, 4.69) is 36.2 Å². The van der Waals surface area contributed by atoms with Crippen LogP contribution in [0, 0.1) is 0 Å². The van der Waals surface area contributed by atoms with Crippen LogP contribution in [0.1, 0.15) is 38.4 Å². The molecule has 0 aromatic carbocycles. The minimum absolute atomic E-state index is 0.0285. The zero-order valence-corrected chi connectivity index (χ0v) is 14.4. The van der Waals surface area contributed by atoms with Gasteiger partial charge in [0.1, 0.15) is 0 Å². The Morgan fingerprint density at radius 1 is 1.38 bits per heavy atom. The molecule has 0 radical (unpaired) electrons. The first-order valence-electron chi connectivity index (χ1n) is 8.56. The summed E-state index contributed by atoms with van der Waals surface area (Å²) < 4.78 is 0. The predicted molar refractivity (Wildman–Crippen MR) is 88.2 cm³/mol. The van der Waals surface area contributed by atoms with Crippen LogP contribution in [0.15, 0.2) is 0 Å². The molecule has 3 N–H and O–H groups in total. The Morgan fingerprint density at radius 2 is 2.12 bits per heavy atom. The van der Waals surface area contributed by atoms with E-state index in [1.165, 1.54) is 0 Å². The van der Waals surface area contributed by atoms with Crippen LogP contribution in [0.2, 0.25) is 0 Å². The second-order valence-corrected chi connectivity index (χ2v) is 6.15. The lowest BCUT2D eigenvalue weighted by Gasteiger charge is -2.31. The van der Waals surface area contributed by atoms with E-state index in [1.807, 2.05) is 7.05 Å². The number of tetrazole rings is 1. The summed E-state index contributed by atoms with van der Waals surface area (Å²) >= 11 is 0. The molecule has 1 aliphatic rings. The van der Waals surface area contributed by atoms with Crippen molar-refractivity contribution in [2.45, 2.75) is 51.1 Å². The lowest BCUT2D eigenvalue weighted by Crippen LogP contribution is -2.48. The Kier molecular flexibility index (Phi) is 7.26. The van der Waals surface area contributed by atoms with Crippen molar-refractivity contribution < 1.29 is 9.59 Å². The van der Waals surface area contributed by atoms with Crippen molar-refractivity contribution in [3.05, 3.63) is 5.82 Å². The predicted octanol–water partition coefficient (Wildman–Crippen LogP) is -0.720. The van der Waals surface area contributed by atoms with Crippen molar-refractivity contribution in [2.24, 2.45) is 0 Å². The number of amides is 1. The Labute approximate surface area is 141 Å². The number of aryl methyl sites for hydroxylation is 1. The molecule has 1 aromatic heterocycles. The van der Waals surface area contributed by atoms with Crippen LogP contribution in [0.5, 0.6) is 0 Å². The number of Topliss-reactive ketones (excluding diaryl/α,β-unsaturated/α-hetero) is 1. The number of rotatable bonds is 9. The van der Waals surface area contributed by atoms with Gasteiger partial charge in [-0.1, -0.05) is 12.1 Å². The third-order valence-corrected chi connectivity index (χ3v) is 4.48. The molecule has 2 heterocycles. The molecule has 0 aliphatic carbocycles. The molecular weight excluding hydrogens is 310 g/mol. The first kappa shape index (κ1) is 18.5. The van der Waals surface area contributed by atoms with Crippen molar-refractivity contribution in [3.8, 4) is 0 Å². The van der Waals surface area contributed by atoms with Crippen molar-refractivity contribution in [3.63, 3.8) is 0 Å². The van der Waals surface area contributed by atoms with Crippen LogP contribution in [0.4, 0.5) is 0 Å². The highest BCUT2D eigenvalue weighted by Gasteiger charge is 2.23. The van der Waals surface area contributed by atoms with Crippen molar-refractivity contribution in [1.29, 1.82) is 0 Å². The Morgan fingerprint density at radius 3 is 2.71 bits per heavy atom. The highest BCUT2D eigenvalue weighted by atomic mass is 16.2. The lowest BCUT2D eigenvalue weighted by molar-refractivity contribution is -0.128. The number of carbonyl (C=O) groups is 2. The van der Waals surface area contributed by atoms with Crippen molar-refractivity contribution >= 4 is 11.7 Å². The number of H-pyrrole nitrogens is 1. The maximum atomic E-state index is 12.3. The summed E-state index contributed by atoms with van der Waals surface area (Å²) in [7, 11) is 1.97. The van der Waals surface area contributed by atoms with Gasteiger partial charge in [0, 0.05) is 32.0 Å². The summed E-state index contributed by atoms with van der Waals surface area (Å²) in [5.41, 5.74) is 0. The number of nitrogens with one attached hydrogen (secondary N) is 3. The molecule has 0 unspecified atom stereocenters. The molecule has 1 amide bonds. The zero-order chi connectivity index (χ0) is 17.4. The van der Waals surface area contributed by atoms with E-state index >= 15 is 0 Å². The fourth-order valence-corrected chi connectivity index (χ4v) is 2.94. The molecule has 24 heavy (non-hydrogen) atoms. The number of ketones is 1. The van der Waals surface area contributed by atoms with Gasteiger partial charge >= 0.3 is 0 Å². The monoisotopic (exact) mass is 337 g/mol. The summed E-state index contributed by atoms with van der Waals surface area (Å²) in [6.45, 7) is 3.94. The topological polar surface area (TPSA) is 116 Å². The van der Waals surface area contributed by atoms with Gasteiger partial charge in [-0.3, -0.25) is 14.5 Å². The van der Waals surface area contributed by atoms with Crippen LogP contribution in [-0.2, 0) is 16.0 Å². The lowest BCUT2D eigenvalue weighted by atomic mass is 10.0. The molecule has 0 spiro atoms. The third kappa shape index (κ3) is 5.64. The average Bonchev–Trinajstić information content (AvgIpc) is 3.12. The first-order valence-corrected chi connectivity index (χ1v) is 8.56. The van der Waals surface area contributed by atoms with E-state index in [1.54, 1.807) is 6.92 Å². The number of carbonyl (C=O) groups excluding carboxylic acids is 2. The number of hydrogen-bond acceptors (Lipinski definition) is 7. The molecule has 0 bridgehead atoms. The van der Waals surface area contributed by atoms with Crippen LogP contribution < -0.4 is 10.6 Å². The molecule has 1 atom stereocenters. The van der Waals surface area contributed by atoms with E-state index in [0.29, 0.717) is 37.7 Å². The summed E-state index contributed by atoms with van der Waals surface area (Å²) in [4.78, 5) is 26.5. The SMILES string of the molecule is CCC(=O)[C@H](CCc1nn[nH]n1)NC(=O)CN1CCC(NC)CC1. The standard InChI is InChI=1S/C15H27N7O2/c1-3-13(23)12(4-5-14-18-20-21-19-14)17-15(24)10-22-8-6-11(16-2)7-9-22/h11-12,16H,3-10H2,1-2H3,(H,17,24)(H,18,19,20,21)/t12-/m0/s1. The van der Waals surface area contributed by atoms with E-state index in [4.69, 9.17) is 0 Å². The maximum absolute atomic E-state index is 12.3. The number of piperidine rings is 1. The summed E-state index contributed by atoms with van der Waals surface area (Å²) in [6.07, 6.45) is 3.46. The van der Waals surface area contributed by atoms with Gasteiger partial charge in [0.25, 0.3) is 0 Å². The second kappa shape index (κ2) is 9.43. The van der Waals surface area contributed by atoms with E-state index in [9.17, 15) is 9.59 Å². The number of likely N-dealkylation sites (tertiary alicyclic amines) is 1. The number of aromatic amines is 1. The minimum Gasteiger partial charge on any atom is -0.345 e. The van der Waals surface area contributed by atoms with Gasteiger partial charge in [-0.25, -0.2) is 0 Å². The van der Waals surface area contributed by atoms with E-state index in [-0.39, 0.29) is 11.7 Å². The van der Waals surface area contributed by atoms with Gasteiger partial charge in [-0.05, 0) is 26.3 Å². The Balaban J connectivity index is 1.79. The largest absolute Gasteiger partial charge is 0.345 e. The van der Waals surface area contributed by atoms with Crippen LogP contribution in [0.25, 0.3) is 0 Å². The normalized spacial score (nSPS) is 17.6. The van der Waals surface area contributed by atoms with Gasteiger partial charge in [0.05, 0.1) is 12.6 Å². The summed E-state index contributed by atoms with van der Waals surface area (Å²) in [5, 5.41) is 19.8. The number of hydrogen-bond donors (Lipinski definition) is 3. The maximum Gasteiger partial charge on any atom is 0.234 e. The van der Waals surface area contributed by atoms with Gasteiger partial charge in [0.15, 0.2) is 11.6 Å². The molecule has 1 saturated heterocycles. The van der Waals surface area contributed by atoms with Gasteiger partial charge in [-0.15, -0.1) is 10.2 Å². The molecule has 9 heteroatoms. The summed E-state index contributed by atoms with van der Waals surface area (Å²) in [6, 6.07) is 0.0459. The molecule has 2 rings (SSSR count). The van der Waals surface area contributed by atoms with Gasteiger partial charge in [-0.2, -0.15) is 5.21 Å². The molecule has 1 aliphatic heterocycles. The molecule has 0 saturated carbocycles. The fourth-order valence-electron chi connectivity index (χ4n) is 2.94. The highest BCUT2D eigenvalue weighted by Crippen LogP contribution is 2.09. The Hall–Kier alpha value is -1.87. The fraction of sp³-hybridized carbons (Fsp3) is 0.800. The van der Waals surface area contributed by atoms with Crippen LogP contribution >= 0.6 is 0 Å². The average molecular weight is 337 g/mol. The number of nitrogens with zero attached hydrogens (tertiary/aromatic N) is 4. The van der Waals surface area contributed by atoms with Crippen molar-refractivity contribution in [2.75, 3.05) is 26.7 Å². The highest BCUT2D eigenvalue weighted by molar-refractivity contribution is 5.89. The Bertz CT molecular complexity index is 512. The molecule has 1 fully saturated rings. The van der Waals surface area contributed by atoms with Crippen molar-refractivity contribution in [1.82, 2.24) is 36.2 Å². The summed E-state index contributed by atoms with van der Waals surface area (Å²) in [5.74, 6) is 0.478. The van der Waals surface area contributed by atoms with Gasteiger partial charge < -0.3 is 10.6 Å². The first-order chi connectivity index (χ1) is 11.6. The molecule has 1 aromatic rings. The smallest absolute Gasteiger partial charge is 0.234 e. The van der Waals surface area contributed by atoms with Crippen LogP contribution in [0.3, 0.4) is 0 Å². The molecular formula is C15H27N7O2. The number of aromatic nitrogens is 4.